The molecule has 0 saturated heterocycles. The van der Waals surface area contributed by atoms with Gasteiger partial charge in [0.05, 0.1) is 0 Å². The van der Waals surface area contributed by atoms with Crippen LogP contribution in [0.25, 0.3) is 0 Å². The number of ether oxygens (including phenoxy) is 1. The Morgan fingerprint density at radius 2 is 2.09 bits per heavy atom. The van der Waals surface area contributed by atoms with Gasteiger partial charge in [-0.05, 0) is 31.4 Å². The van der Waals surface area contributed by atoms with Crippen molar-refractivity contribution in [3.05, 3.63) is 29.8 Å². The largest absolute Gasteiger partial charge is 0.573 e. The van der Waals surface area contributed by atoms with Gasteiger partial charge in [-0.15, -0.1) is 13.2 Å². The Morgan fingerprint density at radius 3 is 2.70 bits per heavy atom. The van der Waals surface area contributed by atoms with Crippen molar-refractivity contribution in [1.29, 1.82) is 0 Å². The summed E-state index contributed by atoms with van der Waals surface area (Å²) in [6, 6.07) is 6.63. The third-order valence-corrected chi connectivity index (χ3v) is 3.88. The zero-order chi connectivity index (χ0) is 17.0. The second-order valence-corrected chi connectivity index (χ2v) is 5.70. The quantitative estimate of drug-likeness (QED) is 0.643. The van der Waals surface area contributed by atoms with Crippen molar-refractivity contribution in [2.24, 2.45) is 4.99 Å². The lowest BCUT2D eigenvalue weighted by molar-refractivity contribution is -0.274. The van der Waals surface area contributed by atoms with Crippen LogP contribution in [0.3, 0.4) is 0 Å². The van der Waals surface area contributed by atoms with Gasteiger partial charge in [0, 0.05) is 25.0 Å². The van der Waals surface area contributed by atoms with Crippen molar-refractivity contribution in [2.45, 2.75) is 51.1 Å². The minimum Gasteiger partial charge on any atom is -0.405 e. The predicted molar refractivity (Wildman–Crippen MR) is 83.7 cm³/mol. The molecule has 1 aliphatic rings. The average Bonchev–Trinajstić information content (AvgIpc) is 3.24. The molecule has 1 aromatic rings. The van der Waals surface area contributed by atoms with Gasteiger partial charge in [-0.25, -0.2) is 0 Å². The number of rotatable bonds is 5. The molecule has 128 valence electrons. The van der Waals surface area contributed by atoms with Crippen molar-refractivity contribution in [3.8, 4) is 5.75 Å². The summed E-state index contributed by atoms with van der Waals surface area (Å²) < 4.78 is 41.6. The van der Waals surface area contributed by atoms with E-state index in [1.807, 2.05) is 6.92 Å². The van der Waals surface area contributed by atoms with Crippen LogP contribution in [-0.2, 0) is 0 Å². The number of nitrogens with zero attached hydrogens (tertiary/aromatic N) is 1. The molecule has 2 rings (SSSR count). The van der Waals surface area contributed by atoms with Gasteiger partial charge in [0.2, 0.25) is 0 Å². The summed E-state index contributed by atoms with van der Waals surface area (Å²) >= 11 is 0. The van der Waals surface area contributed by atoms with Gasteiger partial charge < -0.3 is 15.4 Å². The van der Waals surface area contributed by atoms with Crippen LogP contribution in [0.15, 0.2) is 29.3 Å². The first-order chi connectivity index (χ1) is 10.8. The number of benzene rings is 1. The van der Waals surface area contributed by atoms with Crippen LogP contribution in [0, 0.1) is 0 Å². The van der Waals surface area contributed by atoms with E-state index >= 15 is 0 Å². The normalized spacial score (nSPS) is 22.4. The summed E-state index contributed by atoms with van der Waals surface area (Å²) in [6.07, 6.45) is -2.97. The molecule has 1 aromatic carbocycles. The van der Waals surface area contributed by atoms with Gasteiger partial charge in [-0.1, -0.05) is 25.1 Å². The van der Waals surface area contributed by atoms with E-state index in [0.717, 1.165) is 12.8 Å². The molecule has 0 spiro atoms. The van der Waals surface area contributed by atoms with Gasteiger partial charge >= 0.3 is 6.36 Å². The van der Waals surface area contributed by atoms with Gasteiger partial charge in [0.15, 0.2) is 5.96 Å². The second kappa shape index (κ2) is 7.10. The molecule has 0 amide bonds. The molecule has 0 aromatic heterocycles. The molecular weight excluding hydrogens is 307 g/mol. The second-order valence-electron chi connectivity index (χ2n) is 5.70. The van der Waals surface area contributed by atoms with Crippen molar-refractivity contribution >= 4 is 5.96 Å². The Kier molecular flexibility index (Phi) is 5.38. The third-order valence-electron chi connectivity index (χ3n) is 3.88. The Morgan fingerprint density at radius 1 is 1.39 bits per heavy atom. The number of para-hydroxylation sites is 1. The number of halogens is 3. The highest BCUT2D eigenvalue weighted by molar-refractivity contribution is 5.80. The molecule has 3 atom stereocenters. The summed E-state index contributed by atoms with van der Waals surface area (Å²) in [6.45, 7) is 4.11. The first kappa shape index (κ1) is 17.4. The molecule has 0 heterocycles. The Hall–Kier alpha value is -1.92. The average molecular weight is 329 g/mol. The van der Waals surface area contributed by atoms with Crippen molar-refractivity contribution < 1.29 is 17.9 Å². The lowest BCUT2D eigenvalue weighted by Gasteiger charge is -2.17. The molecule has 3 unspecified atom stereocenters. The fourth-order valence-electron chi connectivity index (χ4n) is 2.38. The molecule has 23 heavy (non-hydrogen) atoms. The molecule has 0 bridgehead atoms. The van der Waals surface area contributed by atoms with E-state index in [4.69, 9.17) is 0 Å². The minimum atomic E-state index is -4.68. The van der Waals surface area contributed by atoms with E-state index in [9.17, 15) is 13.2 Å². The smallest absolute Gasteiger partial charge is 0.405 e. The fraction of sp³-hybridized carbons (Fsp3) is 0.562. The van der Waals surface area contributed by atoms with Crippen molar-refractivity contribution in [2.75, 3.05) is 7.05 Å². The molecule has 2 N–H and O–H groups in total. The van der Waals surface area contributed by atoms with E-state index in [1.165, 1.54) is 6.07 Å². The van der Waals surface area contributed by atoms with Gasteiger partial charge in [0.25, 0.3) is 0 Å². The maximum atomic E-state index is 12.5. The molecule has 0 aliphatic heterocycles. The van der Waals surface area contributed by atoms with E-state index in [-0.39, 0.29) is 23.8 Å². The molecule has 1 saturated carbocycles. The maximum Gasteiger partial charge on any atom is 0.573 e. The van der Waals surface area contributed by atoms with Crippen molar-refractivity contribution in [3.63, 3.8) is 0 Å². The van der Waals surface area contributed by atoms with Crippen LogP contribution in [0.1, 0.15) is 38.2 Å². The zero-order valence-corrected chi connectivity index (χ0v) is 13.4. The predicted octanol–water partition coefficient (Wildman–Crippen LogP) is 3.40. The summed E-state index contributed by atoms with van der Waals surface area (Å²) in [5, 5.41) is 6.49. The van der Waals surface area contributed by atoms with Crippen LogP contribution < -0.4 is 15.4 Å². The summed E-state index contributed by atoms with van der Waals surface area (Å²) in [5.41, 5.74) is 0.571. The lowest BCUT2D eigenvalue weighted by Crippen LogP contribution is -2.43. The SMILES string of the molecule is CCC(C)NC(=NC)NC1CC1c1ccccc1OC(F)(F)F. The first-order valence-corrected chi connectivity index (χ1v) is 7.68. The number of nitrogens with one attached hydrogen (secondary N) is 2. The molecule has 0 radical (unpaired) electrons. The summed E-state index contributed by atoms with van der Waals surface area (Å²) in [4.78, 5) is 4.15. The zero-order valence-electron chi connectivity index (χ0n) is 13.4. The minimum absolute atomic E-state index is 0.0102. The number of hydrogen-bond acceptors (Lipinski definition) is 2. The van der Waals surface area contributed by atoms with E-state index in [2.05, 4.69) is 27.3 Å². The Bertz CT molecular complexity index is 560. The number of aliphatic imine (C=N–C) groups is 1. The third kappa shape index (κ3) is 5.04. The van der Waals surface area contributed by atoms with E-state index in [1.54, 1.807) is 25.2 Å². The molecule has 1 aliphatic carbocycles. The fourth-order valence-corrected chi connectivity index (χ4v) is 2.38. The van der Waals surface area contributed by atoms with Crippen LogP contribution in [-0.4, -0.2) is 31.5 Å². The van der Waals surface area contributed by atoms with Crippen LogP contribution >= 0.6 is 0 Å². The number of hydrogen-bond donors (Lipinski definition) is 2. The number of guanidine groups is 1. The lowest BCUT2D eigenvalue weighted by atomic mass is 10.1. The standard InChI is InChI=1S/C16H22F3N3O/c1-4-10(2)21-15(20-3)22-13-9-12(13)11-7-5-6-8-14(11)23-16(17,18)19/h5-8,10,12-13H,4,9H2,1-3H3,(H2,20,21,22). The Balaban J connectivity index is 2.01. The van der Waals surface area contributed by atoms with Crippen LogP contribution in [0.2, 0.25) is 0 Å². The van der Waals surface area contributed by atoms with Gasteiger partial charge in [0.1, 0.15) is 5.75 Å². The van der Waals surface area contributed by atoms with Crippen LogP contribution in [0.5, 0.6) is 5.75 Å². The monoisotopic (exact) mass is 329 g/mol. The van der Waals surface area contributed by atoms with Gasteiger partial charge in [-0.2, -0.15) is 0 Å². The maximum absolute atomic E-state index is 12.5. The highest BCUT2D eigenvalue weighted by Crippen LogP contribution is 2.45. The van der Waals surface area contributed by atoms with Crippen LogP contribution in [0.4, 0.5) is 13.2 Å². The van der Waals surface area contributed by atoms with E-state index < -0.39 is 6.36 Å². The summed E-state index contributed by atoms with van der Waals surface area (Å²) in [7, 11) is 1.68. The van der Waals surface area contributed by atoms with E-state index in [0.29, 0.717) is 11.5 Å². The first-order valence-electron chi connectivity index (χ1n) is 7.68. The summed E-state index contributed by atoms with van der Waals surface area (Å²) in [5.74, 6) is 0.532. The molecule has 4 nitrogen and oxygen atoms in total. The molecule has 1 fully saturated rings. The number of alkyl halides is 3. The highest BCUT2D eigenvalue weighted by atomic mass is 19.4. The van der Waals surface area contributed by atoms with Crippen molar-refractivity contribution in [1.82, 2.24) is 10.6 Å². The molecular formula is C16H22F3N3O. The topological polar surface area (TPSA) is 45.7 Å². The molecule has 7 heteroatoms. The van der Waals surface area contributed by atoms with Gasteiger partial charge in [-0.3, -0.25) is 4.99 Å². The Labute approximate surface area is 134 Å². The highest BCUT2D eigenvalue weighted by Gasteiger charge is 2.42.